The van der Waals surface area contributed by atoms with Crippen LogP contribution in [0.2, 0.25) is 0 Å². The largest absolute Gasteiger partial charge is 0.0656 e. The minimum atomic E-state index is 1.25. The van der Waals surface area contributed by atoms with Crippen LogP contribution in [0.3, 0.4) is 0 Å². The molecule has 3 aromatic carbocycles. The molecule has 3 aromatic rings. The summed E-state index contributed by atoms with van der Waals surface area (Å²) in [6.07, 6.45) is 1.25. The zero-order valence-electron chi connectivity index (χ0n) is 13.9. The molecule has 0 amide bonds. The zero-order valence-corrected chi connectivity index (χ0v) is 13.9. The van der Waals surface area contributed by atoms with Gasteiger partial charge >= 0.3 is 0 Å². The van der Waals surface area contributed by atoms with E-state index in [4.69, 9.17) is 0 Å². The van der Waals surface area contributed by atoms with Crippen LogP contribution in [-0.2, 0) is 0 Å². The first-order valence-electron chi connectivity index (χ1n) is 7.90. The molecule has 0 spiro atoms. The average molecular weight is 290 g/mol. The van der Waals surface area contributed by atoms with E-state index in [1.54, 1.807) is 0 Å². The van der Waals surface area contributed by atoms with Gasteiger partial charge in [0, 0.05) is 0 Å². The highest BCUT2D eigenvalue weighted by Gasteiger charge is 1.91. The second kappa shape index (κ2) is 11.3. The molecule has 0 fully saturated rings. The van der Waals surface area contributed by atoms with Crippen LogP contribution in [0.5, 0.6) is 0 Å². The number of hydrogen-bond acceptors (Lipinski definition) is 0. The topological polar surface area (TPSA) is 0 Å². The van der Waals surface area contributed by atoms with Gasteiger partial charge < -0.3 is 0 Å². The molecule has 3 rings (SSSR count). The van der Waals surface area contributed by atoms with E-state index in [0.29, 0.717) is 0 Å². The highest BCUT2D eigenvalue weighted by atomic mass is 14.0. The Balaban J connectivity index is 0.000000206. The fourth-order valence-corrected chi connectivity index (χ4v) is 1.80. The number of rotatable bonds is 1. The molecule has 0 saturated heterocycles. The van der Waals surface area contributed by atoms with Crippen LogP contribution in [0.25, 0.3) is 11.1 Å². The van der Waals surface area contributed by atoms with E-state index in [0.717, 1.165) is 0 Å². The number of aryl methyl sites for hydroxylation is 1. The van der Waals surface area contributed by atoms with Crippen molar-refractivity contribution in [1.29, 1.82) is 0 Å². The van der Waals surface area contributed by atoms with Crippen molar-refractivity contribution in [3.8, 4) is 11.1 Å². The van der Waals surface area contributed by atoms with Crippen molar-refractivity contribution < 1.29 is 0 Å². The Morgan fingerprint density at radius 3 is 1.00 bits per heavy atom. The van der Waals surface area contributed by atoms with Crippen LogP contribution in [0.4, 0.5) is 0 Å². The van der Waals surface area contributed by atoms with Crippen molar-refractivity contribution >= 4 is 0 Å². The average Bonchev–Trinajstić information content (AvgIpc) is 2.59. The van der Waals surface area contributed by atoms with Crippen molar-refractivity contribution in [1.82, 2.24) is 0 Å². The van der Waals surface area contributed by atoms with Gasteiger partial charge in [-0.15, -0.1) is 0 Å². The summed E-state index contributed by atoms with van der Waals surface area (Å²) in [5, 5.41) is 0. The maximum absolute atomic E-state index is 2.12. The highest BCUT2D eigenvalue weighted by Crippen LogP contribution is 2.17. The van der Waals surface area contributed by atoms with E-state index in [9.17, 15) is 0 Å². The second-order valence-electron chi connectivity index (χ2n) is 5.09. The van der Waals surface area contributed by atoms with Gasteiger partial charge in [-0.05, 0) is 18.1 Å². The van der Waals surface area contributed by atoms with E-state index in [2.05, 4.69) is 81.4 Å². The van der Waals surface area contributed by atoms with Crippen molar-refractivity contribution in [2.24, 2.45) is 0 Å². The third-order valence-corrected chi connectivity index (χ3v) is 2.82. The maximum atomic E-state index is 2.12. The molecule has 0 aromatic heterocycles. The molecule has 0 aliphatic heterocycles. The van der Waals surface area contributed by atoms with E-state index < -0.39 is 0 Å². The molecule has 114 valence electrons. The van der Waals surface area contributed by atoms with Crippen LogP contribution in [0, 0.1) is 6.92 Å². The molecule has 0 N–H and O–H groups in total. The lowest BCUT2D eigenvalue weighted by Gasteiger charge is -1.98. The fourth-order valence-electron chi connectivity index (χ4n) is 1.80. The minimum absolute atomic E-state index is 1.25. The predicted molar refractivity (Wildman–Crippen MR) is 99.0 cm³/mol. The lowest BCUT2D eigenvalue weighted by Crippen LogP contribution is -1.73. The Kier molecular flexibility index (Phi) is 9.12. The van der Waals surface area contributed by atoms with Gasteiger partial charge in [0.05, 0.1) is 0 Å². The van der Waals surface area contributed by atoms with Gasteiger partial charge in [-0.25, -0.2) is 0 Å². The smallest absolute Gasteiger partial charge is 0.0184 e. The van der Waals surface area contributed by atoms with Gasteiger partial charge in [0.25, 0.3) is 0 Å². The van der Waals surface area contributed by atoms with Crippen LogP contribution in [0.1, 0.15) is 25.8 Å². The third kappa shape index (κ3) is 7.44. The van der Waals surface area contributed by atoms with Gasteiger partial charge in [0.15, 0.2) is 0 Å². The maximum Gasteiger partial charge on any atom is -0.0184 e. The summed E-state index contributed by atoms with van der Waals surface area (Å²) >= 11 is 0. The molecular weight excluding hydrogens is 264 g/mol. The Hall–Kier alpha value is -2.34. The van der Waals surface area contributed by atoms with Gasteiger partial charge in [0.1, 0.15) is 0 Å². The van der Waals surface area contributed by atoms with E-state index >= 15 is 0 Å². The van der Waals surface area contributed by atoms with Crippen LogP contribution >= 0.6 is 0 Å². The molecule has 0 bridgehead atoms. The Bertz CT molecular complexity index is 545. The molecule has 0 heteroatoms. The van der Waals surface area contributed by atoms with Crippen molar-refractivity contribution in [3.05, 3.63) is 96.6 Å². The second-order valence-corrected chi connectivity index (χ2v) is 5.09. The third-order valence-electron chi connectivity index (χ3n) is 2.82. The number of benzene rings is 3. The van der Waals surface area contributed by atoms with Crippen LogP contribution < -0.4 is 0 Å². The molecule has 22 heavy (non-hydrogen) atoms. The first kappa shape index (κ1) is 17.7. The number of hydrogen-bond donors (Lipinski definition) is 0. The normalized spacial score (nSPS) is 8.86. The van der Waals surface area contributed by atoms with Crippen molar-refractivity contribution in [3.63, 3.8) is 0 Å². The van der Waals surface area contributed by atoms with Gasteiger partial charge in [-0.3, -0.25) is 0 Å². The summed E-state index contributed by atoms with van der Waals surface area (Å²) in [6, 6.07) is 31.0. The van der Waals surface area contributed by atoms with Crippen LogP contribution in [0.15, 0.2) is 91.0 Å². The van der Waals surface area contributed by atoms with Gasteiger partial charge in [-0.1, -0.05) is 117 Å². The van der Waals surface area contributed by atoms with Gasteiger partial charge in [-0.2, -0.15) is 0 Å². The standard InChI is InChI=1S/C12H10.C7H8.C3H8/c1-3-7-11(8-4-1)12-9-5-2-6-10-12;1-7-5-3-2-4-6-7;1-3-2/h1-10H;2-6H,1H3;3H2,1-2H3. The molecule has 0 nitrogen and oxygen atoms in total. The zero-order chi connectivity index (χ0) is 16.0. The molecule has 0 heterocycles. The van der Waals surface area contributed by atoms with Gasteiger partial charge in [0.2, 0.25) is 0 Å². The molecule has 0 aliphatic rings. The lowest BCUT2D eigenvalue weighted by atomic mass is 10.1. The molecular formula is C22H26. The summed E-state index contributed by atoms with van der Waals surface area (Å²) in [4.78, 5) is 0. The summed E-state index contributed by atoms with van der Waals surface area (Å²) < 4.78 is 0. The fraction of sp³-hybridized carbons (Fsp3) is 0.182. The van der Waals surface area contributed by atoms with Crippen molar-refractivity contribution in [2.45, 2.75) is 27.2 Å². The minimum Gasteiger partial charge on any atom is -0.0656 e. The SMILES string of the molecule is CCC.Cc1ccccc1.c1ccc(-c2ccccc2)cc1. The molecule has 0 aliphatic carbocycles. The summed E-state index contributed by atoms with van der Waals surface area (Å²) in [5.41, 5.74) is 3.87. The summed E-state index contributed by atoms with van der Waals surface area (Å²) in [5.74, 6) is 0. The highest BCUT2D eigenvalue weighted by molar-refractivity contribution is 5.62. The van der Waals surface area contributed by atoms with Crippen LogP contribution in [-0.4, -0.2) is 0 Å². The molecule has 0 atom stereocenters. The summed E-state index contributed by atoms with van der Waals surface area (Å²) in [7, 11) is 0. The van der Waals surface area contributed by atoms with E-state index in [1.807, 2.05) is 30.3 Å². The monoisotopic (exact) mass is 290 g/mol. The Morgan fingerprint density at radius 1 is 0.500 bits per heavy atom. The Morgan fingerprint density at radius 2 is 0.773 bits per heavy atom. The first-order valence-corrected chi connectivity index (χ1v) is 7.90. The predicted octanol–water partition coefficient (Wildman–Crippen LogP) is 6.76. The molecule has 0 radical (unpaired) electrons. The van der Waals surface area contributed by atoms with E-state index in [1.165, 1.54) is 23.1 Å². The van der Waals surface area contributed by atoms with E-state index in [-0.39, 0.29) is 0 Å². The quantitative estimate of drug-likeness (QED) is 0.464. The Labute approximate surface area is 135 Å². The van der Waals surface area contributed by atoms with Crippen molar-refractivity contribution in [2.75, 3.05) is 0 Å². The summed E-state index contributed by atoms with van der Waals surface area (Å²) in [6.45, 7) is 6.33. The lowest BCUT2D eigenvalue weighted by molar-refractivity contribution is 1.09. The first-order chi connectivity index (χ1) is 10.8. The molecule has 0 unspecified atom stereocenters. The molecule has 0 saturated carbocycles.